The highest BCUT2D eigenvalue weighted by Crippen LogP contribution is 2.33. The van der Waals surface area contributed by atoms with E-state index in [1.54, 1.807) is 0 Å². The van der Waals surface area contributed by atoms with Crippen LogP contribution in [-0.4, -0.2) is 99.1 Å². The van der Waals surface area contributed by atoms with Crippen molar-refractivity contribution in [1.82, 2.24) is 34.5 Å². The Morgan fingerprint density at radius 3 is 2.32 bits per heavy atom. The van der Waals surface area contributed by atoms with Gasteiger partial charge >= 0.3 is 0 Å². The molecule has 6 rings (SSSR count). The fraction of sp³-hybridized carbons (Fsp3) is 0.677. The van der Waals surface area contributed by atoms with Gasteiger partial charge < -0.3 is 25.2 Å². The van der Waals surface area contributed by atoms with Crippen LogP contribution in [0.1, 0.15) is 71.0 Å². The van der Waals surface area contributed by atoms with Crippen LogP contribution in [0.5, 0.6) is 0 Å². The molecule has 3 saturated heterocycles. The van der Waals surface area contributed by atoms with Crippen LogP contribution >= 0.6 is 0 Å². The first-order valence-corrected chi connectivity index (χ1v) is 15.8. The Labute approximate surface area is 244 Å². The minimum Gasteiger partial charge on any atom is -0.381 e. The second-order valence-electron chi connectivity index (χ2n) is 12.2. The summed E-state index contributed by atoms with van der Waals surface area (Å²) in [6.07, 6.45) is 13.7. The third-order valence-corrected chi connectivity index (χ3v) is 9.44. The number of pyridine rings is 1. The van der Waals surface area contributed by atoms with Crippen LogP contribution in [-0.2, 0) is 11.2 Å². The second-order valence-corrected chi connectivity index (χ2v) is 12.2. The lowest BCUT2D eigenvalue weighted by Gasteiger charge is -2.42. The predicted molar refractivity (Wildman–Crippen MR) is 165 cm³/mol. The summed E-state index contributed by atoms with van der Waals surface area (Å²) in [7, 11) is 1.89. The first-order chi connectivity index (χ1) is 20.0. The highest BCUT2D eigenvalue weighted by Gasteiger charge is 2.30. The van der Waals surface area contributed by atoms with E-state index in [4.69, 9.17) is 24.8 Å². The Hall–Kier alpha value is -2.82. The van der Waals surface area contributed by atoms with E-state index in [1.807, 2.05) is 19.4 Å². The highest BCUT2D eigenvalue weighted by molar-refractivity contribution is 5.97. The zero-order valence-corrected chi connectivity index (χ0v) is 25.3. The normalized spacial score (nSPS) is 20.7. The molecule has 0 aromatic carbocycles. The molecule has 0 radical (unpaired) electrons. The fourth-order valence-corrected chi connectivity index (χ4v) is 6.83. The summed E-state index contributed by atoms with van der Waals surface area (Å²) >= 11 is 0. The van der Waals surface area contributed by atoms with E-state index in [0.717, 1.165) is 104 Å². The lowest BCUT2D eigenvalue weighted by molar-refractivity contribution is 0.0672. The Balaban J connectivity index is 1.20. The molecule has 0 bridgehead atoms. The standard InChI is InChI=1S/C31H47N9O/c1-5-27-30(35-23-10-16-41-17-11-23)37-28-26(19-33-31(32-4)29(28)36-27)22-18-34-40(20-22)25-8-14-39(15-9-25)24-6-12-38(13-7-24)21(2)3/h18-21,23-25H,5-17H2,1-4H3,(H,32,33)(H,35,37). The van der Waals surface area contributed by atoms with Crippen molar-refractivity contribution in [1.29, 1.82) is 0 Å². The van der Waals surface area contributed by atoms with E-state index in [9.17, 15) is 0 Å². The van der Waals surface area contributed by atoms with Crippen LogP contribution in [0.2, 0.25) is 0 Å². The molecule has 10 heteroatoms. The van der Waals surface area contributed by atoms with Crippen molar-refractivity contribution in [3.63, 3.8) is 0 Å². The van der Waals surface area contributed by atoms with Gasteiger partial charge in [0.25, 0.3) is 0 Å². The predicted octanol–water partition coefficient (Wildman–Crippen LogP) is 4.59. The molecule has 0 spiro atoms. The smallest absolute Gasteiger partial charge is 0.153 e. The Kier molecular flexibility index (Phi) is 8.69. The van der Waals surface area contributed by atoms with E-state index in [-0.39, 0.29) is 0 Å². The van der Waals surface area contributed by atoms with Crippen LogP contribution in [0, 0.1) is 0 Å². The second kappa shape index (κ2) is 12.6. The van der Waals surface area contributed by atoms with Gasteiger partial charge in [0, 0.05) is 75.0 Å². The van der Waals surface area contributed by atoms with Crippen LogP contribution in [0.15, 0.2) is 18.6 Å². The molecule has 10 nitrogen and oxygen atoms in total. The maximum absolute atomic E-state index is 5.57. The number of fused-ring (bicyclic) bond motifs is 1. The summed E-state index contributed by atoms with van der Waals surface area (Å²) in [5.41, 5.74) is 4.66. The molecule has 0 amide bonds. The molecule has 0 saturated carbocycles. The highest BCUT2D eigenvalue weighted by atomic mass is 16.5. The number of ether oxygens (including phenoxy) is 1. The summed E-state index contributed by atoms with van der Waals surface area (Å²) in [6.45, 7) is 13.1. The molecule has 0 atom stereocenters. The largest absolute Gasteiger partial charge is 0.381 e. The molecule has 3 aliphatic heterocycles. The van der Waals surface area contributed by atoms with Crippen LogP contribution in [0.3, 0.4) is 0 Å². The number of aryl methyl sites for hydroxylation is 1. The molecule has 3 fully saturated rings. The number of likely N-dealkylation sites (tertiary alicyclic amines) is 2. The Morgan fingerprint density at radius 1 is 0.902 bits per heavy atom. The molecule has 3 aliphatic rings. The van der Waals surface area contributed by atoms with E-state index < -0.39 is 0 Å². The van der Waals surface area contributed by atoms with Crippen molar-refractivity contribution >= 4 is 22.7 Å². The number of hydrogen-bond acceptors (Lipinski definition) is 9. The minimum absolute atomic E-state index is 0.353. The van der Waals surface area contributed by atoms with Gasteiger partial charge in [-0.3, -0.25) is 4.68 Å². The summed E-state index contributed by atoms with van der Waals surface area (Å²) in [6, 6.07) is 2.17. The van der Waals surface area contributed by atoms with Gasteiger partial charge in [-0.25, -0.2) is 15.0 Å². The van der Waals surface area contributed by atoms with Gasteiger partial charge in [-0.2, -0.15) is 5.10 Å². The first kappa shape index (κ1) is 28.3. The third-order valence-electron chi connectivity index (χ3n) is 9.44. The number of anilines is 2. The zero-order chi connectivity index (χ0) is 28.3. The van der Waals surface area contributed by atoms with Crippen molar-refractivity contribution in [2.75, 3.05) is 57.1 Å². The molecule has 0 aliphatic carbocycles. The number of piperidine rings is 2. The zero-order valence-electron chi connectivity index (χ0n) is 25.3. The van der Waals surface area contributed by atoms with Crippen molar-refractivity contribution in [3.05, 3.63) is 24.3 Å². The van der Waals surface area contributed by atoms with Gasteiger partial charge in [-0.15, -0.1) is 0 Å². The summed E-state index contributed by atoms with van der Waals surface area (Å²) in [5, 5.41) is 11.8. The van der Waals surface area contributed by atoms with E-state index >= 15 is 0 Å². The van der Waals surface area contributed by atoms with Crippen molar-refractivity contribution < 1.29 is 4.74 Å². The maximum Gasteiger partial charge on any atom is 0.153 e. The summed E-state index contributed by atoms with van der Waals surface area (Å²) < 4.78 is 7.75. The SMILES string of the molecule is CCc1nc2c(NC)ncc(-c3cnn(C4CCN(C5CCN(C(C)C)CC5)CC4)c3)c2nc1NC1CCOCC1. The lowest BCUT2D eigenvalue weighted by atomic mass is 9.97. The number of hydrogen-bond donors (Lipinski definition) is 2. The third kappa shape index (κ3) is 6.05. The quantitative estimate of drug-likeness (QED) is 0.409. The van der Waals surface area contributed by atoms with Crippen LogP contribution in [0.25, 0.3) is 22.2 Å². The number of rotatable bonds is 8. The molecule has 3 aromatic rings. The van der Waals surface area contributed by atoms with Gasteiger partial charge in [0.05, 0.1) is 17.9 Å². The van der Waals surface area contributed by atoms with Gasteiger partial charge in [0.2, 0.25) is 0 Å². The number of nitrogens with zero attached hydrogens (tertiary/aromatic N) is 7. The van der Waals surface area contributed by atoms with Crippen molar-refractivity contribution in [3.8, 4) is 11.1 Å². The monoisotopic (exact) mass is 561 g/mol. The molecular weight excluding hydrogens is 514 g/mol. The summed E-state index contributed by atoms with van der Waals surface area (Å²) in [5.74, 6) is 1.63. The molecule has 6 heterocycles. The Morgan fingerprint density at radius 2 is 1.63 bits per heavy atom. The van der Waals surface area contributed by atoms with Crippen molar-refractivity contribution in [2.24, 2.45) is 0 Å². The first-order valence-electron chi connectivity index (χ1n) is 15.8. The minimum atomic E-state index is 0.353. The number of nitrogens with one attached hydrogen (secondary N) is 2. The molecule has 0 unspecified atom stereocenters. The number of aromatic nitrogens is 5. The molecule has 222 valence electrons. The molecule has 3 aromatic heterocycles. The van der Waals surface area contributed by atoms with E-state index in [0.29, 0.717) is 18.1 Å². The van der Waals surface area contributed by atoms with E-state index in [1.165, 1.54) is 25.9 Å². The van der Waals surface area contributed by atoms with Crippen LogP contribution in [0.4, 0.5) is 11.6 Å². The fourth-order valence-electron chi connectivity index (χ4n) is 6.83. The van der Waals surface area contributed by atoms with Gasteiger partial charge in [0.15, 0.2) is 5.82 Å². The molecular formula is C31H47N9O. The van der Waals surface area contributed by atoms with Gasteiger partial charge in [-0.05, 0) is 71.9 Å². The topological polar surface area (TPSA) is 96.3 Å². The average molecular weight is 562 g/mol. The van der Waals surface area contributed by atoms with E-state index in [2.05, 4.69) is 52.1 Å². The van der Waals surface area contributed by atoms with Crippen LogP contribution < -0.4 is 10.6 Å². The average Bonchev–Trinajstić information content (AvgIpc) is 3.51. The molecule has 2 N–H and O–H groups in total. The van der Waals surface area contributed by atoms with Crippen molar-refractivity contribution in [2.45, 2.75) is 89.9 Å². The Bertz CT molecular complexity index is 1300. The van der Waals surface area contributed by atoms with Gasteiger partial charge in [0.1, 0.15) is 16.9 Å². The summed E-state index contributed by atoms with van der Waals surface area (Å²) in [4.78, 5) is 20.3. The molecule has 41 heavy (non-hydrogen) atoms. The maximum atomic E-state index is 5.57. The van der Waals surface area contributed by atoms with Gasteiger partial charge in [-0.1, -0.05) is 6.92 Å². The lowest BCUT2D eigenvalue weighted by Crippen LogP contribution is -2.49.